The number of urea groups is 1. The van der Waals surface area contributed by atoms with Crippen LogP contribution < -0.4 is 10.6 Å². The van der Waals surface area contributed by atoms with Crippen LogP contribution >= 0.6 is 27.5 Å². The average Bonchev–Trinajstić information content (AvgIpc) is 2.45. The van der Waals surface area contributed by atoms with E-state index in [1.54, 1.807) is 0 Å². The molecule has 0 aliphatic carbocycles. The molecule has 0 saturated carbocycles. The summed E-state index contributed by atoms with van der Waals surface area (Å²) in [7, 11) is 0. The standard InChI is InChI=1S/C15H13BrClFN2O/c16-11-6-4-10(5-7-11)8-9-19-15(21)20-14-12(17)2-1-3-13(14)18/h1-7H,8-9H2,(H2,19,20,21). The van der Waals surface area contributed by atoms with Crippen LogP contribution in [-0.4, -0.2) is 12.6 Å². The second-order valence-corrected chi connectivity index (χ2v) is 5.68. The Morgan fingerprint density at radius 2 is 1.90 bits per heavy atom. The summed E-state index contributed by atoms with van der Waals surface area (Å²) < 4.78 is 14.5. The van der Waals surface area contributed by atoms with Crippen LogP contribution in [0.5, 0.6) is 0 Å². The summed E-state index contributed by atoms with van der Waals surface area (Å²) in [5.74, 6) is -0.564. The molecule has 0 fully saturated rings. The fourth-order valence-electron chi connectivity index (χ4n) is 1.75. The summed E-state index contributed by atoms with van der Waals surface area (Å²) in [6.45, 7) is 0.444. The zero-order chi connectivity index (χ0) is 15.2. The molecule has 0 spiro atoms. The van der Waals surface area contributed by atoms with Crippen molar-refractivity contribution >= 4 is 39.2 Å². The normalized spacial score (nSPS) is 10.2. The minimum Gasteiger partial charge on any atom is -0.338 e. The lowest BCUT2D eigenvalue weighted by molar-refractivity contribution is 0.252. The van der Waals surface area contributed by atoms with Crippen LogP contribution in [0.1, 0.15) is 5.56 Å². The highest BCUT2D eigenvalue weighted by atomic mass is 79.9. The Hall–Kier alpha value is -1.59. The van der Waals surface area contributed by atoms with Crippen LogP contribution in [0.4, 0.5) is 14.9 Å². The molecule has 2 amide bonds. The third-order valence-corrected chi connectivity index (χ3v) is 3.66. The van der Waals surface area contributed by atoms with Crippen molar-refractivity contribution in [2.45, 2.75) is 6.42 Å². The van der Waals surface area contributed by atoms with Gasteiger partial charge in [-0.3, -0.25) is 0 Å². The Morgan fingerprint density at radius 3 is 2.57 bits per heavy atom. The van der Waals surface area contributed by atoms with Gasteiger partial charge in [-0.1, -0.05) is 45.7 Å². The minimum atomic E-state index is -0.564. The molecule has 0 heterocycles. The van der Waals surface area contributed by atoms with Gasteiger partial charge in [-0.2, -0.15) is 0 Å². The van der Waals surface area contributed by atoms with Crippen molar-refractivity contribution in [3.05, 3.63) is 63.3 Å². The molecule has 0 saturated heterocycles. The summed E-state index contributed by atoms with van der Waals surface area (Å²) in [5.41, 5.74) is 1.09. The van der Waals surface area contributed by atoms with Gasteiger partial charge in [0.05, 0.1) is 10.7 Å². The zero-order valence-electron chi connectivity index (χ0n) is 11.0. The van der Waals surface area contributed by atoms with E-state index in [-0.39, 0.29) is 10.7 Å². The first-order valence-electron chi connectivity index (χ1n) is 6.29. The Morgan fingerprint density at radius 1 is 1.19 bits per heavy atom. The third kappa shape index (κ3) is 4.72. The summed E-state index contributed by atoms with van der Waals surface area (Å²) in [6, 6.07) is 11.6. The lowest BCUT2D eigenvalue weighted by atomic mass is 10.1. The largest absolute Gasteiger partial charge is 0.338 e. The van der Waals surface area contributed by atoms with Gasteiger partial charge in [0, 0.05) is 11.0 Å². The molecule has 0 atom stereocenters. The van der Waals surface area contributed by atoms with Crippen molar-refractivity contribution in [3.8, 4) is 0 Å². The van der Waals surface area contributed by atoms with Gasteiger partial charge in [-0.25, -0.2) is 9.18 Å². The van der Waals surface area contributed by atoms with E-state index in [1.807, 2.05) is 24.3 Å². The highest BCUT2D eigenvalue weighted by Gasteiger charge is 2.09. The predicted octanol–water partition coefficient (Wildman–Crippen LogP) is 4.61. The molecule has 0 aromatic heterocycles. The van der Waals surface area contributed by atoms with E-state index in [2.05, 4.69) is 26.6 Å². The molecule has 0 bridgehead atoms. The summed E-state index contributed by atoms with van der Waals surface area (Å²) in [6.07, 6.45) is 0.686. The Bertz CT molecular complexity index is 614. The van der Waals surface area contributed by atoms with Crippen molar-refractivity contribution < 1.29 is 9.18 Å². The fourth-order valence-corrected chi connectivity index (χ4v) is 2.22. The average molecular weight is 372 g/mol. The maximum Gasteiger partial charge on any atom is 0.319 e. The highest BCUT2D eigenvalue weighted by Crippen LogP contribution is 2.24. The molecule has 0 radical (unpaired) electrons. The Balaban J connectivity index is 1.84. The lowest BCUT2D eigenvalue weighted by Crippen LogP contribution is -2.30. The summed E-state index contributed by atoms with van der Waals surface area (Å²) >= 11 is 9.19. The molecule has 0 aliphatic heterocycles. The van der Waals surface area contributed by atoms with Crippen molar-refractivity contribution in [1.82, 2.24) is 5.32 Å². The van der Waals surface area contributed by atoms with E-state index in [9.17, 15) is 9.18 Å². The Labute approximate surface area is 135 Å². The molecule has 6 heteroatoms. The highest BCUT2D eigenvalue weighted by molar-refractivity contribution is 9.10. The molecule has 3 nitrogen and oxygen atoms in total. The van der Waals surface area contributed by atoms with Gasteiger partial charge >= 0.3 is 6.03 Å². The fraction of sp³-hybridized carbons (Fsp3) is 0.133. The molecule has 2 aromatic carbocycles. The molecule has 0 aliphatic rings. The zero-order valence-corrected chi connectivity index (χ0v) is 13.3. The molecule has 0 unspecified atom stereocenters. The SMILES string of the molecule is O=C(NCCc1ccc(Br)cc1)Nc1c(F)cccc1Cl. The first-order valence-corrected chi connectivity index (χ1v) is 7.46. The van der Waals surface area contributed by atoms with E-state index in [4.69, 9.17) is 11.6 Å². The third-order valence-electron chi connectivity index (χ3n) is 2.81. The number of hydrogen-bond acceptors (Lipinski definition) is 1. The quantitative estimate of drug-likeness (QED) is 0.810. The lowest BCUT2D eigenvalue weighted by Gasteiger charge is -2.09. The molecule has 2 rings (SSSR count). The van der Waals surface area contributed by atoms with Crippen molar-refractivity contribution in [2.24, 2.45) is 0 Å². The van der Waals surface area contributed by atoms with Crippen LogP contribution in [-0.2, 0) is 6.42 Å². The van der Waals surface area contributed by atoms with Gasteiger partial charge < -0.3 is 10.6 Å². The van der Waals surface area contributed by atoms with Gasteiger partial charge in [0.1, 0.15) is 5.82 Å². The van der Waals surface area contributed by atoms with Crippen molar-refractivity contribution in [1.29, 1.82) is 0 Å². The number of rotatable bonds is 4. The Kier molecular flexibility index (Phi) is 5.59. The number of para-hydroxylation sites is 1. The number of benzene rings is 2. The van der Waals surface area contributed by atoms with Gasteiger partial charge in [0.2, 0.25) is 0 Å². The second kappa shape index (κ2) is 7.43. The van der Waals surface area contributed by atoms with Crippen LogP contribution in [0.25, 0.3) is 0 Å². The number of carbonyl (C=O) groups excluding carboxylic acids is 1. The maximum atomic E-state index is 13.5. The van der Waals surface area contributed by atoms with E-state index in [1.165, 1.54) is 18.2 Å². The van der Waals surface area contributed by atoms with E-state index in [0.29, 0.717) is 13.0 Å². The predicted molar refractivity (Wildman–Crippen MR) is 86.3 cm³/mol. The molecular formula is C15H13BrClFN2O. The number of carbonyl (C=O) groups is 1. The van der Waals surface area contributed by atoms with E-state index in [0.717, 1.165) is 10.0 Å². The molecule has 21 heavy (non-hydrogen) atoms. The minimum absolute atomic E-state index is 0.0136. The van der Waals surface area contributed by atoms with Crippen LogP contribution in [0, 0.1) is 5.82 Å². The first-order chi connectivity index (χ1) is 10.1. The smallest absolute Gasteiger partial charge is 0.319 e. The van der Waals surface area contributed by atoms with E-state index >= 15 is 0 Å². The summed E-state index contributed by atoms with van der Waals surface area (Å²) in [5, 5.41) is 5.24. The van der Waals surface area contributed by atoms with Gasteiger partial charge in [0.15, 0.2) is 0 Å². The second-order valence-electron chi connectivity index (χ2n) is 4.35. The number of hydrogen-bond donors (Lipinski definition) is 2. The van der Waals surface area contributed by atoms with Crippen LogP contribution in [0.2, 0.25) is 5.02 Å². The number of nitrogens with one attached hydrogen (secondary N) is 2. The molecule has 2 aromatic rings. The van der Waals surface area contributed by atoms with Gasteiger partial charge in [-0.15, -0.1) is 0 Å². The van der Waals surface area contributed by atoms with Crippen LogP contribution in [0.15, 0.2) is 46.9 Å². The molecule has 2 N–H and O–H groups in total. The van der Waals surface area contributed by atoms with Gasteiger partial charge in [0.25, 0.3) is 0 Å². The number of amides is 2. The monoisotopic (exact) mass is 370 g/mol. The van der Waals surface area contributed by atoms with Crippen molar-refractivity contribution in [2.75, 3.05) is 11.9 Å². The maximum absolute atomic E-state index is 13.5. The number of anilines is 1. The molecule has 110 valence electrons. The molecular weight excluding hydrogens is 359 g/mol. The van der Waals surface area contributed by atoms with E-state index < -0.39 is 11.8 Å². The first kappa shape index (κ1) is 15.8. The van der Waals surface area contributed by atoms with Crippen molar-refractivity contribution in [3.63, 3.8) is 0 Å². The van der Waals surface area contributed by atoms with Crippen LogP contribution in [0.3, 0.4) is 0 Å². The van der Waals surface area contributed by atoms with Gasteiger partial charge in [-0.05, 0) is 36.2 Å². The topological polar surface area (TPSA) is 41.1 Å². The summed E-state index contributed by atoms with van der Waals surface area (Å²) in [4.78, 5) is 11.7. The number of halogens is 3.